The Hall–Kier alpha value is -5.26. The number of non-ortho nitro benzene ring substituents is 1. The predicted octanol–water partition coefficient (Wildman–Crippen LogP) is 2.98. The van der Waals surface area contributed by atoms with Gasteiger partial charge >= 0.3 is 5.97 Å². The van der Waals surface area contributed by atoms with Gasteiger partial charge in [-0.2, -0.15) is 0 Å². The maximum Gasteiger partial charge on any atom is 0.306 e. The van der Waals surface area contributed by atoms with Crippen LogP contribution in [0.1, 0.15) is 36.5 Å². The third-order valence-electron chi connectivity index (χ3n) is 6.42. The van der Waals surface area contributed by atoms with Crippen LogP contribution in [0, 0.1) is 10.1 Å². The number of methoxy groups -OCH3 is 1. The van der Waals surface area contributed by atoms with Crippen LogP contribution in [0.5, 0.6) is 5.75 Å². The predicted molar refractivity (Wildman–Crippen MR) is 157 cm³/mol. The largest absolute Gasteiger partial charge is 0.497 e. The number of nitro groups is 1. The summed E-state index contributed by atoms with van der Waals surface area (Å²) in [6.07, 6.45) is -0.193. The first-order valence-electron chi connectivity index (χ1n) is 13.6. The summed E-state index contributed by atoms with van der Waals surface area (Å²) >= 11 is 0. The van der Waals surface area contributed by atoms with Gasteiger partial charge in [-0.1, -0.05) is 54.6 Å². The molecule has 3 aromatic rings. The Labute approximate surface area is 248 Å². The van der Waals surface area contributed by atoms with Gasteiger partial charge in [-0.3, -0.25) is 29.3 Å². The molecule has 0 aromatic heterocycles. The van der Waals surface area contributed by atoms with Crippen molar-refractivity contribution in [3.05, 3.63) is 106 Å². The normalized spacial score (nSPS) is 11.9. The van der Waals surface area contributed by atoms with Crippen molar-refractivity contribution in [2.24, 2.45) is 0 Å². The van der Waals surface area contributed by atoms with E-state index in [9.17, 15) is 29.3 Å². The molecule has 12 nitrogen and oxygen atoms in total. The van der Waals surface area contributed by atoms with E-state index in [1.165, 1.54) is 31.2 Å². The van der Waals surface area contributed by atoms with Gasteiger partial charge in [-0.15, -0.1) is 0 Å². The smallest absolute Gasteiger partial charge is 0.306 e. The molecule has 0 saturated carbocycles. The van der Waals surface area contributed by atoms with Crippen LogP contribution in [0.25, 0.3) is 0 Å². The van der Waals surface area contributed by atoms with E-state index >= 15 is 0 Å². The van der Waals surface area contributed by atoms with Crippen molar-refractivity contribution >= 4 is 29.4 Å². The second-order valence-corrected chi connectivity index (χ2v) is 9.69. The Morgan fingerprint density at radius 3 is 2.07 bits per heavy atom. The third kappa shape index (κ3) is 10.9. The number of carbonyl (C=O) groups is 4. The lowest BCUT2D eigenvalue weighted by Gasteiger charge is -2.23. The first kappa shape index (κ1) is 32.3. The summed E-state index contributed by atoms with van der Waals surface area (Å²) in [5.74, 6) is -1.55. The number of benzene rings is 3. The molecule has 0 radical (unpaired) electrons. The third-order valence-corrected chi connectivity index (χ3v) is 6.42. The number of hydrogen-bond acceptors (Lipinski definition) is 8. The Balaban J connectivity index is 1.69. The molecule has 12 heteroatoms. The molecule has 0 unspecified atom stereocenters. The number of amides is 3. The number of rotatable bonds is 15. The summed E-state index contributed by atoms with van der Waals surface area (Å²) in [5.41, 5.74) is 2.04. The fourth-order valence-corrected chi connectivity index (χ4v) is 4.11. The number of nitrogens with zero attached hydrogens (tertiary/aromatic N) is 1. The highest BCUT2D eigenvalue weighted by Gasteiger charge is 2.27. The van der Waals surface area contributed by atoms with Crippen molar-refractivity contribution in [2.75, 3.05) is 7.11 Å². The van der Waals surface area contributed by atoms with E-state index in [0.717, 1.165) is 11.1 Å². The highest BCUT2D eigenvalue weighted by atomic mass is 16.6. The van der Waals surface area contributed by atoms with Gasteiger partial charge < -0.3 is 25.4 Å². The van der Waals surface area contributed by atoms with Crippen molar-refractivity contribution in [2.45, 2.75) is 51.4 Å². The first-order chi connectivity index (χ1) is 20.6. The van der Waals surface area contributed by atoms with Gasteiger partial charge in [-0.05, 0) is 35.2 Å². The maximum atomic E-state index is 13.3. The zero-order valence-corrected chi connectivity index (χ0v) is 23.9. The van der Waals surface area contributed by atoms with E-state index < -0.39 is 40.7 Å². The minimum absolute atomic E-state index is 0.0166. The Kier molecular flexibility index (Phi) is 12.2. The molecule has 43 heavy (non-hydrogen) atoms. The molecule has 0 spiro atoms. The summed E-state index contributed by atoms with van der Waals surface area (Å²) < 4.78 is 10.5. The molecule has 3 rings (SSSR count). The Morgan fingerprint density at radius 1 is 0.814 bits per heavy atom. The van der Waals surface area contributed by atoms with Crippen molar-refractivity contribution in [1.29, 1.82) is 0 Å². The number of ether oxygens (including phenoxy) is 2. The second kappa shape index (κ2) is 16.2. The molecule has 0 saturated heterocycles. The van der Waals surface area contributed by atoms with Gasteiger partial charge in [0.15, 0.2) is 0 Å². The van der Waals surface area contributed by atoms with Crippen LogP contribution < -0.4 is 20.7 Å². The molecule has 3 N–H and O–H groups in total. The van der Waals surface area contributed by atoms with Crippen molar-refractivity contribution in [3.63, 3.8) is 0 Å². The van der Waals surface area contributed by atoms with Crippen LogP contribution in [-0.2, 0) is 43.5 Å². The van der Waals surface area contributed by atoms with Gasteiger partial charge in [0.1, 0.15) is 24.4 Å². The lowest BCUT2D eigenvalue weighted by Crippen LogP contribution is -2.54. The van der Waals surface area contributed by atoms with Crippen LogP contribution >= 0.6 is 0 Å². The molecule has 0 fully saturated rings. The molecular formula is C31H34N4O8. The fraction of sp³-hybridized carbons (Fsp3) is 0.290. The first-order valence-corrected chi connectivity index (χ1v) is 13.6. The van der Waals surface area contributed by atoms with Crippen LogP contribution in [-0.4, -0.2) is 47.8 Å². The molecule has 0 aliphatic heterocycles. The molecule has 3 aromatic carbocycles. The van der Waals surface area contributed by atoms with E-state index in [2.05, 4.69) is 16.0 Å². The Bertz CT molecular complexity index is 1400. The lowest BCUT2D eigenvalue weighted by molar-refractivity contribution is -0.384. The van der Waals surface area contributed by atoms with Crippen molar-refractivity contribution < 1.29 is 33.6 Å². The molecule has 3 amide bonds. The number of carbonyl (C=O) groups excluding carboxylic acids is 4. The Morgan fingerprint density at radius 2 is 1.47 bits per heavy atom. The zero-order chi connectivity index (χ0) is 31.2. The number of hydrogen-bond donors (Lipinski definition) is 3. The van der Waals surface area contributed by atoms with Crippen LogP contribution in [0.2, 0.25) is 0 Å². The van der Waals surface area contributed by atoms with E-state index in [1.54, 1.807) is 31.4 Å². The SMILES string of the molecule is COc1ccc(CNC(=O)[C@H](CCC(=O)OCc2ccccc2)NC(=O)[C@H](Cc2ccc([N+](=O)[O-])cc2)NC(C)=O)cc1. The van der Waals surface area contributed by atoms with Gasteiger partial charge in [0.25, 0.3) is 5.69 Å². The van der Waals surface area contributed by atoms with Crippen LogP contribution in [0.15, 0.2) is 78.9 Å². The monoisotopic (exact) mass is 590 g/mol. The molecule has 2 atom stereocenters. The standard InChI is InChI=1S/C31H34N4O8/c1-21(36)33-28(18-22-8-12-25(13-9-22)35(40)41)31(39)34-27(16-17-29(37)43-20-24-6-4-3-5-7-24)30(38)32-19-23-10-14-26(42-2)15-11-23/h3-15,27-28H,16-20H2,1-2H3,(H,32,38)(H,33,36)(H,34,39)/t27-,28-/m0/s1. The summed E-state index contributed by atoms with van der Waals surface area (Å²) in [4.78, 5) is 61.4. The van der Waals surface area contributed by atoms with Gasteiger partial charge in [-0.25, -0.2) is 0 Å². The quantitative estimate of drug-likeness (QED) is 0.138. The van der Waals surface area contributed by atoms with Crippen molar-refractivity contribution in [1.82, 2.24) is 16.0 Å². The van der Waals surface area contributed by atoms with E-state index in [-0.39, 0.29) is 38.1 Å². The molecular weight excluding hydrogens is 556 g/mol. The molecule has 0 aliphatic rings. The zero-order valence-electron chi connectivity index (χ0n) is 23.9. The summed E-state index contributed by atoms with van der Waals surface area (Å²) in [6.45, 7) is 1.48. The topological polar surface area (TPSA) is 166 Å². The summed E-state index contributed by atoms with van der Waals surface area (Å²) in [6, 6.07) is 19.6. The van der Waals surface area contributed by atoms with Gasteiger partial charge in [0.2, 0.25) is 17.7 Å². The van der Waals surface area contributed by atoms with E-state index in [4.69, 9.17) is 9.47 Å². The van der Waals surface area contributed by atoms with E-state index in [0.29, 0.717) is 11.3 Å². The minimum Gasteiger partial charge on any atom is -0.497 e. The summed E-state index contributed by atoms with van der Waals surface area (Å²) in [7, 11) is 1.55. The minimum atomic E-state index is -1.12. The average molecular weight is 591 g/mol. The molecule has 0 heterocycles. The van der Waals surface area contributed by atoms with Crippen LogP contribution in [0.4, 0.5) is 5.69 Å². The molecule has 226 valence electrons. The fourth-order valence-electron chi connectivity index (χ4n) is 4.11. The second-order valence-electron chi connectivity index (χ2n) is 9.69. The summed E-state index contributed by atoms with van der Waals surface area (Å²) in [5, 5.41) is 19.0. The van der Waals surface area contributed by atoms with Gasteiger partial charge in [0, 0.05) is 38.4 Å². The number of nitrogens with one attached hydrogen (secondary N) is 3. The molecule has 0 aliphatic carbocycles. The van der Waals surface area contributed by atoms with Gasteiger partial charge in [0.05, 0.1) is 12.0 Å². The highest BCUT2D eigenvalue weighted by Crippen LogP contribution is 2.14. The lowest BCUT2D eigenvalue weighted by atomic mass is 10.0. The maximum absolute atomic E-state index is 13.3. The molecule has 0 bridgehead atoms. The average Bonchev–Trinajstić information content (AvgIpc) is 3.01. The highest BCUT2D eigenvalue weighted by molar-refractivity contribution is 5.92. The van der Waals surface area contributed by atoms with Crippen molar-refractivity contribution in [3.8, 4) is 5.75 Å². The number of nitro benzene ring substituents is 1. The van der Waals surface area contributed by atoms with E-state index in [1.807, 2.05) is 30.3 Å². The van der Waals surface area contributed by atoms with Crippen LogP contribution in [0.3, 0.4) is 0 Å². The number of esters is 1.